The van der Waals surface area contributed by atoms with Crippen LogP contribution < -0.4 is 0 Å². The molecule has 0 bridgehead atoms. The molecule has 1 aromatic heterocycles. The third kappa shape index (κ3) is 8.51. The van der Waals surface area contributed by atoms with Gasteiger partial charge in [0.1, 0.15) is 0 Å². The van der Waals surface area contributed by atoms with E-state index in [-0.39, 0.29) is 0 Å². The van der Waals surface area contributed by atoms with Crippen LogP contribution in [0, 0.1) is 0 Å². The third-order valence-corrected chi connectivity index (χ3v) is 6.06. The fourth-order valence-electron chi connectivity index (χ4n) is 4.25. The molecule has 0 saturated heterocycles. The van der Waals surface area contributed by atoms with Gasteiger partial charge < -0.3 is 0 Å². The Morgan fingerprint density at radius 1 is 0.848 bits per heavy atom. The van der Waals surface area contributed by atoms with Gasteiger partial charge in [-0.25, -0.2) is 4.98 Å². The van der Waals surface area contributed by atoms with Crippen molar-refractivity contribution in [3.8, 4) is 0 Å². The van der Waals surface area contributed by atoms with Crippen molar-refractivity contribution in [1.82, 2.24) is 4.98 Å². The topological polar surface area (TPSA) is 37.6 Å². The molecule has 0 unspecified atom stereocenters. The van der Waals surface area contributed by atoms with E-state index in [1.165, 1.54) is 43.2 Å². The summed E-state index contributed by atoms with van der Waals surface area (Å²) in [6.45, 7) is 13.1. The van der Waals surface area contributed by atoms with Gasteiger partial charge in [-0.15, -0.1) is 0 Å². The van der Waals surface area contributed by atoms with Gasteiger partial charge in [-0.3, -0.25) is 9.98 Å². The van der Waals surface area contributed by atoms with Crippen LogP contribution in [0.25, 0.3) is 0 Å². The molecule has 0 N–H and O–H groups in total. The van der Waals surface area contributed by atoms with Gasteiger partial charge in [0.05, 0.1) is 34.5 Å². The molecule has 33 heavy (non-hydrogen) atoms. The Bertz CT molecular complexity index is 922. The van der Waals surface area contributed by atoms with Crippen LogP contribution in [0.4, 0.5) is 5.69 Å². The Hall–Kier alpha value is -1.20. The molecule has 1 saturated carbocycles. The van der Waals surface area contributed by atoms with Crippen LogP contribution in [0.15, 0.2) is 46.4 Å². The SMILES string of the molecule is CC(=Nc1c(C(C)C)cccc1C(C)C)c1cccc(C(C)=NC2CCCCC2)n1.[Cl][Co][Cl]. The fraction of sp³-hybridized carbons (Fsp3) is 0.519. The maximum atomic E-state index is 5.10. The number of aromatic nitrogens is 1. The van der Waals surface area contributed by atoms with Crippen LogP contribution >= 0.6 is 20.3 Å². The van der Waals surface area contributed by atoms with Crippen molar-refractivity contribution < 1.29 is 12.9 Å². The summed E-state index contributed by atoms with van der Waals surface area (Å²) in [5, 5.41) is 0. The predicted octanol–water partition coefficient (Wildman–Crippen LogP) is 8.99. The first-order chi connectivity index (χ1) is 15.8. The van der Waals surface area contributed by atoms with Gasteiger partial charge in [-0.05, 0) is 61.8 Å². The molecule has 0 aliphatic heterocycles. The molecular formula is C27H37Cl2CoN3. The second kappa shape index (κ2) is 14.3. The quantitative estimate of drug-likeness (QED) is 0.342. The number of hydrogen-bond acceptors (Lipinski definition) is 3. The molecule has 0 radical (unpaired) electrons. The van der Waals surface area contributed by atoms with Crippen molar-refractivity contribution in [3.05, 3.63) is 58.9 Å². The first-order valence-electron chi connectivity index (χ1n) is 11.8. The number of benzene rings is 1. The molecule has 1 aliphatic rings. The van der Waals surface area contributed by atoms with E-state index in [1.807, 2.05) is 0 Å². The van der Waals surface area contributed by atoms with E-state index in [2.05, 4.69) is 77.9 Å². The summed E-state index contributed by atoms with van der Waals surface area (Å²) >= 11 is 0.382. The molecule has 6 heteroatoms. The van der Waals surface area contributed by atoms with Crippen LogP contribution in [-0.2, 0) is 12.9 Å². The number of pyridine rings is 1. The van der Waals surface area contributed by atoms with Crippen molar-refractivity contribution in [2.45, 2.75) is 91.5 Å². The first-order valence-corrected chi connectivity index (χ1v) is 14.7. The molecule has 3 nitrogen and oxygen atoms in total. The molecule has 1 aromatic carbocycles. The standard InChI is InChI=1S/C27H37N3.2ClH.Co/c1-18(2)23-14-10-15-24(19(3)4)27(23)29-21(6)26-17-11-16-25(30-26)20(5)28-22-12-8-7-9-13-22;;;/h10-11,14-19,22H,7-9,12-13H2,1-6H3;2*1H;/q;;;+2/p-2. The van der Waals surface area contributed by atoms with E-state index in [0.717, 1.165) is 28.5 Å². The van der Waals surface area contributed by atoms with E-state index in [1.54, 1.807) is 0 Å². The Labute approximate surface area is 215 Å². The molecule has 1 fully saturated rings. The van der Waals surface area contributed by atoms with Crippen LogP contribution in [0.1, 0.15) is 108 Å². The third-order valence-electron chi connectivity index (χ3n) is 6.06. The molecular weight excluding hydrogens is 496 g/mol. The van der Waals surface area contributed by atoms with E-state index in [0.29, 0.717) is 30.8 Å². The second-order valence-corrected chi connectivity index (χ2v) is 11.0. The number of hydrogen-bond donors (Lipinski definition) is 0. The zero-order valence-electron chi connectivity index (χ0n) is 20.7. The van der Waals surface area contributed by atoms with Crippen LogP contribution in [-0.4, -0.2) is 22.4 Å². The summed E-state index contributed by atoms with van der Waals surface area (Å²) in [7, 11) is 9.47. The summed E-state index contributed by atoms with van der Waals surface area (Å²) in [5.74, 6) is 0.860. The van der Waals surface area contributed by atoms with E-state index >= 15 is 0 Å². The molecule has 183 valence electrons. The van der Waals surface area contributed by atoms with Crippen LogP contribution in [0.5, 0.6) is 0 Å². The Morgan fingerprint density at radius 3 is 1.85 bits per heavy atom. The minimum absolute atomic E-state index is 0.382. The van der Waals surface area contributed by atoms with Crippen LogP contribution in [0.2, 0.25) is 0 Å². The summed E-state index contributed by atoms with van der Waals surface area (Å²) in [6, 6.07) is 13.2. The number of halogens is 2. The molecule has 1 aliphatic carbocycles. The Morgan fingerprint density at radius 2 is 1.33 bits per heavy atom. The second-order valence-electron chi connectivity index (χ2n) is 9.25. The van der Waals surface area contributed by atoms with Gasteiger partial charge in [-0.1, -0.05) is 71.2 Å². The van der Waals surface area contributed by atoms with Crippen molar-refractivity contribution in [3.63, 3.8) is 0 Å². The van der Waals surface area contributed by atoms with E-state index < -0.39 is 0 Å². The Balaban J connectivity index is 0.00000122. The fourth-order valence-corrected chi connectivity index (χ4v) is 4.25. The van der Waals surface area contributed by atoms with Crippen molar-refractivity contribution >= 4 is 37.4 Å². The normalized spacial score (nSPS) is 15.7. The summed E-state index contributed by atoms with van der Waals surface area (Å²) in [4.78, 5) is 15.0. The number of para-hydroxylation sites is 1. The Kier molecular flexibility index (Phi) is 12.1. The molecule has 3 rings (SSSR count). The van der Waals surface area contributed by atoms with E-state index in [4.69, 9.17) is 35.3 Å². The number of nitrogens with zero attached hydrogens (tertiary/aromatic N) is 3. The average Bonchev–Trinajstić information content (AvgIpc) is 2.80. The number of aliphatic imine (C=N–C) groups is 2. The maximum absolute atomic E-state index is 5.10. The molecule has 2 aromatic rings. The van der Waals surface area contributed by atoms with Gasteiger partial charge in [0.15, 0.2) is 0 Å². The molecule has 1 heterocycles. The number of rotatable bonds is 6. The zero-order valence-corrected chi connectivity index (χ0v) is 23.2. The molecule has 0 spiro atoms. The predicted molar refractivity (Wildman–Crippen MR) is 142 cm³/mol. The van der Waals surface area contributed by atoms with E-state index in [9.17, 15) is 0 Å². The zero-order chi connectivity index (χ0) is 24.4. The summed E-state index contributed by atoms with van der Waals surface area (Å²) < 4.78 is 0. The van der Waals surface area contributed by atoms with Gasteiger partial charge in [0.25, 0.3) is 0 Å². The molecule has 0 amide bonds. The van der Waals surface area contributed by atoms with Crippen molar-refractivity contribution in [2.24, 2.45) is 9.98 Å². The first kappa shape index (κ1) is 28.0. The average molecular weight is 533 g/mol. The van der Waals surface area contributed by atoms with Crippen molar-refractivity contribution in [2.75, 3.05) is 0 Å². The van der Waals surface area contributed by atoms with Gasteiger partial charge in [0.2, 0.25) is 0 Å². The molecule has 0 atom stereocenters. The van der Waals surface area contributed by atoms with Crippen molar-refractivity contribution in [1.29, 1.82) is 0 Å². The van der Waals surface area contributed by atoms with Gasteiger partial charge >= 0.3 is 33.2 Å². The summed E-state index contributed by atoms with van der Waals surface area (Å²) in [5.41, 5.74) is 7.60. The monoisotopic (exact) mass is 532 g/mol. The summed E-state index contributed by atoms with van der Waals surface area (Å²) in [6.07, 6.45) is 6.37. The minimum atomic E-state index is 0.382. The van der Waals surface area contributed by atoms with Gasteiger partial charge in [-0.2, -0.15) is 0 Å². The van der Waals surface area contributed by atoms with Gasteiger partial charge in [0, 0.05) is 0 Å². The van der Waals surface area contributed by atoms with Crippen LogP contribution in [0.3, 0.4) is 0 Å².